The van der Waals surface area contributed by atoms with Crippen molar-refractivity contribution in [1.29, 1.82) is 0 Å². The number of halogens is 3. The fourth-order valence-electron chi connectivity index (χ4n) is 4.73. The summed E-state index contributed by atoms with van der Waals surface area (Å²) in [6.07, 6.45) is -2.58. The molecule has 0 aromatic carbocycles. The molecule has 0 N–H and O–H groups in total. The summed E-state index contributed by atoms with van der Waals surface area (Å²) in [5.41, 5.74) is -0.367. The lowest BCUT2D eigenvalue weighted by Crippen LogP contribution is -2.73. The van der Waals surface area contributed by atoms with Gasteiger partial charge in [-0.15, -0.1) is 0 Å². The zero-order valence-electron chi connectivity index (χ0n) is 16.5. The highest BCUT2D eigenvalue weighted by Crippen LogP contribution is 2.43. The minimum absolute atomic E-state index is 0.0349. The fraction of sp³-hybridized carbons (Fsp3) is 0.778. The van der Waals surface area contributed by atoms with Gasteiger partial charge in [0, 0.05) is 51.4 Å². The molecule has 29 heavy (non-hydrogen) atoms. The molecule has 0 saturated carbocycles. The summed E-state index contributed by atoms with van der Waals surface area (Å²) in [7, 11) is -3.91. The highest BCUT2D eigenvalue weighted by molar-refractivity contribution is 7.89. The third-order valence-electron chi connectivity index (χ3n) is 6.05. The normalized spacial score (nSPS) is 23.8. The molecule has 3 saturated heterocycles. The van der Waals surface area contributed by atoms with Crippen molar-refractivity contribution in [2.24, 2.45) is 11.3 Å². The zero-order valence-corrected chi connectivity index (χ0v) is 17.3. The Morgan fingerprint density at radius 2 is 1.62 bits per heavy atom. The molecule has 4 heterocycles. The van der Waals surface area contributed by atoms with Crippen molar-refractivity contribution in [3.05, 3.63) is 17.2 Å². The first-order valence-electron chi connectivity index (χ1n) is 9.73. The lowest BCUT2D eigenvalue weighted by molar-refractivity contribution is -0.145. The number of sulfonamides is 1. The van der Waals surface area contributed by atoms with Crippen LogP contribution in [0.5, 0.6) is 0 Å². The van der Waals surface area contributed by atoms with Gasteiger partial charge in [0.25, 0.3) is 0 Å². The molecule has 0 amide bonds. The molecule has 11 heteroatoms. The van der Waals surface area contributed by atoms with Crippen LogP contribution in [0.3, 0.4) is 0 Å². The maximum atomic E-state index is 13.0. The smallest absolute Gasteiger partial charge is 0.381 e. The van der Waals surface area contributed by atoms with Crippen molar-refractivity contribution in [1.82, 2.24) is 19.2 Å². The first-order chi connectivity index (χ1) is 13.5. The van der Waals surface area contributed by atoms with E-state index < -0.39 is 22.0 Å². The molecule has 0 unspecified atom stereocenters. The van der Waals surface area contributed by atoms with Crippen LogP contribution in [0, 0.1) is 25.2 Å². The van der Waals surface area contributed by atoms with Crippen LogP contribution in [-0.2, 0) is 20.9 Å². The minimum Gasteiger partial charge on any atom is -0.381 e. The number of aryl methyl sites for hydroxylation is 2. The van der Waals surface area contributed by atoms with E-state index in [1.807, 2.05) is 0 Å². The molecule has 0 aliphatic carbocycles. The Morgan fingerprint density at radius 1 is 1.07 bits per heavy atom. The Bertz CT molecular complexity index is 863. The molecule has 0 radical (unpaired) electrons. The van der Waals surface area contributed by atoms with Crippen molar-refractivity contribution in [2.45, 2.75) is 37.8 Å². The van der Waals surface area contributed by atoms with E-state index in [1.54, 1.807) is 0 Å². The van der Waals surface area contributed by atoms with Crippen molar-refractivity contribution >= 4 is 10.0 Å². The van der Waals surface area contributed by atoms with E-state index >= 15 is 0 Å². The molecule has 0 atom stereocenters. The summed E-state index contributed by atoms with van der Waals surface area (Å²) >= 11 is 0. The summed E-state index contributed by atoms with van der Waals surface area (Å²) in [5.74, 6) is -0.676. The van der Waals surface area contributed by atoms with Gasteiger partial charge in [-0.2, -0.15) is 17.5 Å². The molecule has 1 aromatic rings. The Labute approximate surface area is 168 Å². The molecule has 3 fully saturated rings. The van der Waals surface area contributed by atoms with E-state index in [2.05, 4.69) is 14.9 Å². The van der Waals surface area contributed by atoms with Gasteiger partial charge < -0.3 is 9.64 Å². The van der Waals surface area contributed by atoms with Gasteiger partial charge in [-0.3, -0.25) is 0 Å². The van der Waals surface area contributed by atoms with Gasteiger partial charge in [0.05, 0.1) is 11.4 Å². The lowest BCUT2D eigenvalue weighted by Gasteiger charge is -2.60. The maximum absolute atomic E-state index is 13.0. The zero-order chi connectivity index (χ0) is 21.0. The van der Waals surface area contributed by atoms with E-state index in [4.69, 9.17) is 4.74 Å². The van der Waals surface area contributed by atoms with Crippen LogP contribution in [0.4, 0.5) is 13.2 Å². The topological polar surface area (TPSA) is 75.6 Å². The van der Waals surface area contributed by atoms with Gasteiger partial charge in [-0.1, -0.05) is 0 Å². The summed E-state index contributed by atoms with van der Waals surface area (Å²) < 4.78 is 71.3. The average Bonchev–Trinajstić information content (AvgIpc) is 2.54. The van der Waals surface area contributed by atoms with Crippen molar-refractivity contribution in [3.63, 3.8) is 0 Å². The second-order valence-corrected chi connectivity index (χ2v) is 10.4. The third kappa shape index (κ3) is 3.89. The molecule has 0 bridgehead atoms. The van der Waals surface area contributed by atoms with Gasteiger partial charge in [0.1, 0.15) is 4.90 Å². The second kappa shape index (κ2) is 7.14. The average molecular weight is 434 g/mol. The monoisotopic (exact) mass is 434 g/mol. The Hall–Kier alpha value is -1.30. The van der Waals surface area contributed by atoms with Gasteiger partial charge in [0.15, 0.2) is 0 Å². The number of likely N-dealkylation sites (tertiary alicyclic amines) is 1. The van der Waals surface area contributed by atoms with E-state index in [0.717, 1.165) is 45.7 Å². The molecular weight excluding hydrogens is 409 g/mol. The number of aromatic nitrogens is 2. The van der Waals surface area contributed by atoms with Crippen molar-refractivity contribution in [3.8, 4) is 0 Å². The molecule has 162 valence electrons. The summed E-state index contributed by atoms with van der Waals surface area (Å²) in [5, 5.41) is 0. The van der Waals surface area contributed by atoms with Gasteiger partial charge in [-0.25, -0.2) is 18.4 Å². The molecule has 4 rings (SSSR count). The molecule has 1 spiro atoms. The number of rotatable bonds is 4. The van der Waals surface area contributed by atoms with Gasteiger partial charge in [0.2, 0.25) is 15.8 Å². The van der Waals surface area contributed by atoms with Crippen LogP contribution in [0.2, 0.25) is 0 Å². The van der Waals surface area contributed by atoms with E-state index in [1.165, 1.54) is 18.2 Å². The number of hydrogen-bond acceptors (Lipinski definition) is 6. The van der Waals surface area contributed by atoms with Crippen molar-refractivity contribution < 1.29 is 26.3 Å². The summed E-state index contributed by atoms with van der Waals surface area (Å²) in [6.45, 7) is 7.70. The lowest BCUT2D eigenvalue weighted by atomic mass is 9.74. The van der Waals surface area contributed by atoms with E-state index in [9.17, 15) is 21.6 Å². The molecular formula is C18H25F3N4O3S. The highest BCUT2D eigenvalue weighted by Gasteiger charge is 2.55. The number of alkyl halides is 3. The predicted octanol–water partition coefficient (Wildman–Crippen LogP) is 1.85. The second-order valence-electron chi connectivity index (χ2n) is 8.54. The Morgan fingerprint density at radius 3 is 2.14 bits per heavy atom. The van der Waals surface area contributed by atoms with E-state index in [0.29, 0.717) is 19.0 Å². The van der Waals surface area contributed by atoms with Crippen molar-refractivity contribution in [2.75, 3.05) is 45.9 Å². The Balaban J connectivity index is 1.40. The Kier molecular flexibility index (Phi) is 5.16. The third-order valence-corrected chi connectivity index (χ3v) is 8.10. The molecule has 1 aromatic heterocycles. The summed E-state index contributed by atoms with van der Waals surface area (Å²) in [4.78, 5) is 8.95. The first kappa shape index (κ1) is 21.0. The predicted molar refractivity (Wildman–Crippen MR) is 97.7 cm³/mol. The quantitative estimate of drug-likeness (QED) is 0.720. The van der Waals surface area contributed by atoms with Crippen LogP contribution >= 0.6 is 0 Å². The summed E-state index contributed by atoms with van der Waals surface area (Å²) in [6, 6.07) is 0. The van der Waals surface area contributed by atoms with Crippen LogP contribution in [0.25, 0.3) is 0 Å². The minimum atomic E-state index is -4.71. The van der Waals surface area contributed by atoms with Gasteiger partial charge >= 0.3 is 6.18 Å². The number of nitrogens with zero attached hydrogens (tertiary/aromatic N) is 4. The largest absolute Gasteiger partial charge is 0.451 e. The molecule has 3 aliphatic heterocycles. The number of ether oxygens (including phenoxy) is 1. The van der Waals surface area contributed by atoms with E-state index in [-0.39, 0.29) is 21.7 Å². The number of hydrogen-bond donors (Lipinski definition) is 0. The molecule has 7 nitrogen and oxygen atoms in total. The van der Waals surface area contributed by atoms with Crippen LogP contribution in [0.1, 0.15) is 30.1 Å². The van der Waals surface area contributed by atoms with Gasteiger partial charge in [-0.05, 0) is 32.6 Å². The fourth-order valence-corrected chi connectivity index (χ4v) is 6.72. The van der Waals surface area contributed by atoms with Crippen LogP contribution in [-0.4, -0.2) is 73.5 Å². The van der Waals surface area contributed by atoms with Crippen LogP contribution < -0.4 is 0 Å². The molecule has 3 aliphatic rings. The maximum Gasteiger partial charge on any atom is 0.451 e. The van der Waals surface area contributed by atoms with Crippen LogP contribution in [0.15, 0.2) is 4.90 Å². The first-order valence-corrected chi connectivity index (χ1v) is 11.2. The SMILES string of the molecule is Cc1nc(C(F)(F)F)nc(C)c1S(=O)(=O)N1CC2(CN(CC3CCOCC3)C2)C1. The standard InChI is InChI=1S/C18H25F3N4O3S/c1-12-15(13(2)23-16(22-12)18(19,20)21)29(26,27)25-10-17(11-25)8-24(9-17)7-14-3-5-28-6-4-14/h14H,3-11H2,1-2H3. The highest BCUT2D eigenvalue weighted by atomic mass is 32.2.